The zero-order valence-electron chi connectivity index (χ0n) is 14.4. The van der Waals surface area contributed by atoms with Crippen molar-refractivity contribution < 1.29 is 23.5 Å². The van der Waals surface area contributed by atoms with Gasteiger partial charge >= 0.3 is 5.97 Å². The highest BCUT2D eigenvalue weighted by Gasteiger charge is 2.24. The molecule has 3 rings (SSSR count). The highest BCUT2D eigenvalue weighted by molar-refractivity contribution is 5.94. The number of aliphatic carboxylic acids is 1. The van der Waals surface area contributed by atoms with Gasteiger partial charge in [-0.3, -0.25) is 9.48 Å². The van der Waals surface area contributed by atoms with Crippen LogP contribution in [0.1, 0.15) is 16.2 Å². The van der Waals surface area contributed by atoms with Crippen LogP contribution in [0.25, 0.3) is 5.69 Å². The summed E-state index contributed by atoms with van der Waals surface area (Å²) in [5.41, 5.74) is 0.960. The lowest BCUT2D eigenvalue weighted by atomic mass is 10.1. The highest BCUT2D eigenvalue weighted by atomic mass is 19.3. The molecule has 0 radical (unpaired) electrons. The van der Waals surface area contributed by atoms with E-state index in [1.165, 1.54) is 16.9 Å². The molecule has 0 aliphatic heterocycles. The minimum atomic E-state index is -2.62. The van der Waals surface area contributed by atoms with Crippen molar-refractivity contribution in [2.75, 3.05) is 0 Å². The Labute approximate surface area is 157 Å². The number of halogens is 2. The smallest absolute Gasteiger partial charge is 0.326 e. The van der Waals surface area contributed by atoms with Crippen molar-refractivity contribution in [2.24, 2.45) is 0 Å². The fourth-order valence-electron chi connectivity index (χ4n) is 2.47. The number of nitrogens with one attached hydrogen (secondary N) is 1. The number of carboxylic acids is 1. The largest absolute Gasteiger partial charge is 0.480 e. The number of para-hydroxylation sites is 1. The van der Waals surface area contributed by atoms with Crippen molar-refractivity contribution in [3.8, 4) is 5.69 Å². The maximum absolute atomic E-state index is 12.4. The summed E-state index contributed by atoms with van der Waals surface area (Å²) >= 11 is 0. The summed E-state index contributed by atoms with van der Waals surface area (Å²) in [6.45, 7) is -0.655. The van der Waals surface area contributed by atoms with Gasteiger partial charge in [-0.2, -0.15) is 5.10 Å². The maximum Gasteiger partial charge on any atom is 0.326 e. The van der Waals surface area contributed by atoms with E-state index < -0.39 is 30.9 Å². The molecule has 28 heavy (non-hydrogen) atoms. The van der Waals surface area contributed by atoms with Gasteiger partial charge in [0.2, 0.25) is 0 Å². The fraction of sp³-hybridized carbons (Fsp3) is 0.235. The topological polar surface area (TPSA) is 115 Å². The van der Waals surface area contributed by atoms with Gasteiger partial charge in [-0.25, -0.2) is 18.3 Å². The third-order valence-corrected chi connectivity index (χ3v) is 3.78. The molecule has 3 aromatic rings. The Morgan fingerprint density at radius 1 is 1.18 bits per heavy atom. The summed E-state index contributed by atoms with van der Waals surface area (Å²) < 4.78 is 27.1. The Bertz CT molecular complexity index is 957. The van der Waals surface area contributed by atoms with Gasteiger partial charge in [0.1, 0.15) is 18.3 Å². The van der Waals surface area contributed by atoms with Crippen LogP contribution in [-0.2, 0) is 17.8 Å². The first-order valence-corrected chi connectivity index (χ1v) is 8.24. The van der Waals surface area contributed by atoms with E-state index in [1.54, 1.807) is 6.20 Å². The zero-order chi connectivity index (χ0) is 20.1. The molecule has 1 amide bonds. The number of hydrogen-bond acceptors (Lipinski definition) is 5. The molecule has 0 bridgehead atoms. The Balaban J connectivity index is 1.67. The molecule has 0 saturated heterocycles. The first-order valence-electron chi connectivity index (χ1n) is 8.24. The van der Waals surface area contributed by atoms with Gasteiger partial charge in [0.15, 0.2) is 0 Å². The van der Waals surface area contributed by atoms with Crippen LogP contribution in [0.2, 0.25) is 0 Å². The fourth-order valence-corrected chi connectivity index (χ4v) is 2.47. The first-order chi connectivity index (χ1) is 13.4. The molecule has 2 aromatic heterocycles. The Hall–Kier alpha value is -3.63. The van der Waals surface area contributed by atoms with Crippen LogP contribution < -0.4 is 5.32 Å². The lowest BCUT2D eigenvalue weighted by Gasteiger charge is -2.12. The number of nitrogens with zero attached hydrogens (tertiary/aromatic N) is 5. The number of aromatic nitrogens is 5. The molecule has 1 unspecified atom stereocenters. The lowest BCUT2D eigenvalue weighted by Crippen LogP contribution is -2.42. The van der Waals surface area contributed by atoms with E-state index in [-0.39, 0.29) is 12.1 Å². The third-order valence-electron chi connectivity index (χ3n) is 3.78. The van der Waals surface area contributed by atoms with Gasteiger partial charge in [0, 0.05) is 12.6 Å². The van der Waals surface area contributed by atoms with Gasteiger partial charge in [0.05, 0.1) is 17.6 Å². The summed E-state index contributed by atoms with van der Waals surface area (Å²) in [5, 5.41) is 23.3. The summed E-state index contributed by atoms with van der Waals surface area (Å²) in [5.74, 6) is -2.05. The van der Waals surface area contributed by atoms with Crippen molar-refractivity contribution in [2.45, 2.75) is 25.4 Å². The van der Waals surface area contributed by atoms with Crippen LogP contribution in [0.5, 0.6) is 0 Å². The molecule has 2 heterocycles. The molecule has 0 fully saturated rings. The minimum Gasteiger partial charge on any atom is -0.480 e. The molecule has 9 nitrogen and oxygen atoms in total. The Morgan fingerprint density at radius 3 is 2.61 bits per heavy atom. The van der Waals surface area contributed by atoms with Crippen LogP contribution in [0.15, 0.2) is 48.8 Å². The average molecular weight is 390 g/mol. The number of amides is 1. The van der Waals surface area contributed by atoms with Crippen LogP contribution in [0.4, 0.5) is 8.78 Å². The third kappa shape index (κ3) is 4.75. The molecule has 0 saturated carbocycles. The second-order valence-electron chi connectivity index (χ2n) is 5.87. The highest BCUT2D eigenvalue weighted by Crippen LogP contribution is 2.08. The van der Waals surface area contributed by atoms with E-state index in [4.69, 9.17) is 0 Å². The van der Waals surface area contributed by atoms with Crippen molar-refractivity contribution in [3.05, 3.63) is 60.2 Å². The average Bonchev–Trinajstić information content (AvgIpc) is 3.31. The lowest BCUT2D eigenvalue weighted by molar-refractivity contribution is -0.139. The number of carbonyl (C=O) groups is 2. The maximum atomic E-state index is 12.4. The number of alkyl halides is 2. The summed E-state index contributed by atoms with van der Waals surface area (Å²) in [6, 6.07) is 9.07. The second-order valence-corrected chi connectivity index (χ2v) is 5.87. The molecule has 0 aliphatic carbocycles. The van der Waals surface area contributed by atoms with Crippen LogP contribution in [0, 0.1) is 0 Å². The quantitative estimate of drug-likeness (QED) is 0.596. The summed E-state index contributed by atoms with van der Waals surface area (Å²) in [7, 11) is 0. The monoisotopic (exact) mass is 390 g/mol. The molecule has 0 spiro atoms. The molecule has 11 heteroatoms. The van der Waals surface area contributed by atoms with Crippen molar-refractivity contribution in [3.63, 3.8) is 0 Å². The minimum absolute atomic E-state index is 0.106. The molecule has 1 aromatic carbocycles. The van der Waals surface area contributed by atoms with E-state index in [9.17, 15) is 23.5 Å². The predicted molar refractivity (Wildman–Crippen MR) is 92.2 cm³/mol. The SMILES string of the molecule is O=C(NC(Cc1cn(-c2ccccc2)nn1)C(=O)O)c1ccn(CC(F)F)n1. The molecule has 0 aliphatic rings. The molecular weight excluding hydrogens is 374 g/mol. The van der Waals surface area contributed by atoms with Gasteiger partial charge in [-0.15, -0.1) is 5.10 Å². The van der Waals surface area contributed by atoms with Crippen molar-refractivity contribution >= 4 is 11.9 Å². The number of carbonyl (C=O) groups excluding carboxylic acids is 1. The number of hydrogen-bond donors (Lipinski definition) is 2. The van der Waals surface area contributed by atoms with E-state index in [2.05, 4.69) is 20.7 Å². The molecule has 146 valence electrons. The van der Waals surface area contributed by atoms with Crippen LogP contribution in [0.3, 0.4) is 0 Å². The van der Waals surface area contributed by atoms with Gasteiger partial charge < -0.3 is 10.4 Å². The number of benzene rings is 1. The van der Waals surface area contributed by atoms with E-state index in [0.29, 0.717) is 5.69 Å². The molecule has 2 N–H and O–H groups in total. The number of rotatable bonds is 8. The molecule has 1 atom stereocenters. The van der Waals surface area contributed by atoms with Gasteiger partial charge in [-0.1, -0.05) is 23.4 Å². The normalized spacial score (nSPS) is 12.1. The Kier molecular flexibility index (Phi) is 5.72. The van der Waals surface area contributed by atoms with E-state index in [0.717, 1.165) is 10.4 Å². The van der Waals surface area contributed by atoms with E-state index in [1.807, 2.05) is 30.3 Å². The van der Waals surface area contributed by atoms with Gasteiger partial charge in [0.25, 0.3) is 12.3 Å². The summed E-state index contributed by atoms with van der Waals surface area (Å²) in [6.07, 6.45) is 0.0673. The second kappa shape index (κ2) is 8.37. The molecular formula is C17H16F2N6O3. The number of carboxylic acid groups (broad SMARTS) is 1. The van der Waals surface area contributed by atoms with Crippen molar-refractivity contribution in [1.29, 1.82) is 0 Å². The van der Waals surface area contributed by atoms with Crippen molar-refractivity contribution in [1.82, 2.24) is 30.1 Å². The predicted octanol–water partition coefficient (Wildman–Crippen LogP) is 1.15. The summed E-state index contributed by atoms with van der Waals surface area (Å²) in [4.78, 5) is 23.7. The standard InChI is InChI=1S/C17H16F2N6O3/c18-15(19)10-24-7-6-13(22-24)16(26)20-14(17(27)28)8-11-9-25(23-21-11)12-4-2-1-3-5-12/h1-7,9,14-15H,8,10H2,(H,20,26)(H,27,28). The van der Waals surface area contributed by atoms with Gasteiger partial charge in [-0.05, 0) is 18.2 Å². The first kappa shape index (κ1) is 19.1. The van der Waals surface area contributed by atoms with E-state index >= 15 is 0 Å². The van der Waals surface area contributed by atoms with Crippen LogP contribution >= 0.6 is 0 Å². The Morgan fingerprint density at radius 2 is 1.93 bits per heavy atom. The van der Waals surface area contributed by atoms with Crippen LogP contribution in [-0.4, -0.2) is 54.2 Å². The zero-order valence-corrected chi connectivity index (χ0v) is 14.4.